The summed E-state index contributed by atoms with van der Waals surface area (Å²) in [4.78, 5) is 13.7. The van der Waals surface area contributed by atoms with Crippen LogP contribution in [0.2, 0.25) is 0 Å². The van der Waals surface area contributed by atoms with Gasteiger partial charge in [-0.25, -0.2) is 0 Å². The number of methoxy groups -OCH3 is 2. The van der Waals surface area contributed by atoms with Gasteiger partial charge in [0.05, 0.1) is 26.2 Å². The molecular weight excluding hydrogens is 446 g/mol. The molecule has 0 radical (unpaired) electrons. The van der Waals surface area contributed by atoms with Crippen molar-refractivity contribution in [3.63, 3.8) is 0 Å². The molecule has 0 heterocycles. The number of benzene rings is 5. The fourth-order valence-electron chi connectivity index (χ4n) is 4.78. The average molecular weight is 476 g/mol. The highest BCUT2D eigenvalue weighted by atomic mass is 16.5. The van der Waals surface area contributed by atoms with E-state index in [0.717, 1.165) is 27.5 Å². The van der Waals surface area contributed by atoms with Gasteiger partial charge in [0.15, 0.2) is 0 Å². The first-order valence-electron chi connectivity index (χ1n) is 12.1. The Kier molecular flexibility index (Phi) is 6.59. The Morgan fingerprint density at radius 3 is 1.72 bits per heavy atom. The van der Waals surface area contributed by atoms with E-state index in [2.05, 4.69) is 47.8 Å². The molecule has 0 aliphatic heterocycles. The van der Waals surface area contributed by atoms with Gasteiger partial charge in [0, 0.05) is 11.1 Å². The van der Waals surface area contributed by atoms with E-state index in [4.69, 9.17) is 9.47 Å². The molecule has 5 rings (SSSR count). The molecular formula is C32H29NO3. The van der Waals surface area contributed by atoms with E-state index in [0.29, 0.717) is 11.5 Å². The molecule has 1 amide bonds. The third-order valence-electron chi connectivity index (χ3n) is 6.81. The molecule has 0 aromatic heterocycles. The van der Waals surface area contributed by atoms with Crippen molar-refractivity contribution in [1.29, 1.82) is 0 Å². The Morgan fingerprint density at radius 1 is 0.639 bits per heavy atom. The Hall–Kier alpha value is -4.31. The van der Waals surface area contributed by atoms with Crippen LogP contribution in [0.4, 0.5) is 0 Å². The second-order valence-electron chi connectivity index (χ2n) is 8.95. The van der Waals surface area contributed by atoms with Crippen LogP contribution in [0.25, 0.3) is 21.5 Å². The Bertz CT molecular complexity index is 1490. The summed E-state index contributed by atoms with van der Waals surface area (Å²) < 4.78 is 11.3. The molecule has 5 aromatic rings. The molecule has 1 atom stereocenters. The summed E-state index contributed by atoms with van der Waals surface area (Å²) >= 11 is 0. The van der Waals surface area contributed by atoms with Crippen LogP contribution < -0.4 is 14.8 Å². The summed E-state index contributed by atoms with van der Waals surface area (Å²) in [5, 5.41) is 7.95. The van der Waals surface area contributed by atoms with E-state index in [1.807, 2.05) is 67.6 Å². The second kappa shape index (κ2) is 10.1. The van der Waals surface area contributed by atoms with Crippen molar-refractivity contribution < 1.29 is 14.3 Å². The van der Waals surface area contributed by atoms with Gasteiger partial charge >= 0.3 is 0 Å². The maximum absolute atomic E-state index is 13.7. The van der Waals surface area contributed by atoms with Crippen LogP contribution in [-0.4, -0.2) is 20.1 Å². The monoisotopic (exact) mass is 475 g/mol. The highest BCUT2D eigenvalue weighted by molar-refractivity contribution is 5.99. The lowest BCUT2D eigenvalue weighted by Gasteiger charge is -2.25. The van der Waals surface area contributed by atoms with E-state index in [9.17, 15) is 4.79 Å². The SMILES string of the molecule is COc1ccccc1C(NC(=O)[C@H](C)c1ccc2cc3ccccc3cc2c1)c1ccccc1OC. The normalized spacial score (nSPS) is 12.0. The van der Waals surface area contributed by atoms with Gasteiger partial charge in [-0.2, -0.15) is 0 Å². The number of hydrogen-bond acceptors (Lipinski definition) is 3. The first kappa shape index (κ1) is 23.4. The average Bonchev–Trinajstić information content (AvgIpc) is 2.93. The molecule has 0 unspecified atom stereocenters. The van der Waals surface area contributed by atoms with Crippen LogP contribution >= 0.6 is 0 Å². The lowest BCUT2D eigenvalue weighted by atomic mass is 9.93. The number of carbonyl (C=O) groups excluding carboxylic acids is 1. The highest BCUT2D eigenvalue weighted by Gasteiger charge is 2.26. The van der Waals surface area contributed by atoms with E-state index in [-0.39, 0.29) is 11.8 Å². The van der Waals surface area contributed by atoms with Crippen molar-refractivity contribution in [2.75, 3.05) is 14.2 Å². The van der Waals surface area contributed by atoms with E-state index in [1.165, 1.54) is 10.8 Å². The predicted octanol–water partition coefficient (Wildman–Crippen LogP) is 7.02. The zero-order valence-corrected chi connectivity index (χ0v) is 20.7. The topological polar surface area (TPSA) is 47.6 Å². The summed E-state index contributed by atoms with van der Waals surface area (Å²) in [7, 11) is 3.28. The first-order valence-corrected chi connectivity index (χ1v) is 12.1. The van der Waals surface area contributed by atoms with E-state index < -0.39 is 6.04 Å². The Labute approximate surface area is 211 Å². The molecule has 36 heavy (non-hydrogen) atoms. The fraction of sp³-hybridized carbons (Fsp3) is 0.156. The number of para-hydroxylation sites is 2. The molecule has 0 spiro atoms. The summed E-state index contributed by atoms with van der Waals surface area (Å²) in [5.74, 6) is 0.989. The van der Waals surface area contributed by atoms with Crippen LogP contribution in [-0.2, 0) is 4.79 Å². The van der Waals surface area contributed by atoms with Crippen molar-refractivity contribution in [1.82, 2.24) is 5.32 Å². The zero-order valence-electron chi connectivity index (χ0n) is 20.7. The molecule has 0 aliphatic rings. The molecule has 0 fully saturated rings. The number of amides is 1. The minimum absolute atomic E-state index is 0.0723. The molecule has 180 valence electrons. The van der Waals surface area contributed by atoms with Crippen molar-refractivity contribution in [3.05, 3.63) is 120 Å². The molecule has 4 nitrogen and oxygen atoms in total. The van der Waals surface area contributed by atoms with Crippen LogP contribution in [0.15, 0.2) is 103 Å². The van der Waals surface area contributed by atoms with Gasteiger partial charge in [-0.15, -0.1) is 0 Å². The summed E-state index contributed by atoms with van der Waals surface area (Å²) in [6.07, 6.45) is 0. The first-order chi connectivity index (χ1) is 17.6. The molecule has 0 saturated carbocycles. The largest absolute Gasteiger partial charge is 0.496 e. The molecule has 0 bridgehead atoms. The number of carbonyl (C=O) groups is 1. The minimum atomic E-state index is -0.434. The fourth-order valence-corrected chi connectivity index (χ4v) is 4.78. The third-order valence-corrected chi connectivity index (χ3v) is 6.81. The summed E-state index contributed by atoms with van der Waals surface area (Å²) in [6, 6.07) is 34.0. The number of rotatable bonds is 7. The standard InChI is InChI=1S/C32H29NO3/c1-21(22-16-17-25-19-23-10-4-5-11-24(23)20-26(25)18-22)32(34)33-31(27-12-6-8-14-29(27)35-2)28-13-7-9-15-30(28)36-3/h4-21,31H,1-3H3,(H,33,34)/t21-/m1/s1. The zero-order chi connectivity index (χ0) is 25.1. The molecule has 5 aromatic carbocycles. The van der Waals surface area contributed by atoms with Gasteiger partial charge in [0.1, 0.15) is 11.5 Å². The number of hydrogen-bond donors (Lipinski definition) is 1. The maximum Gasteiger partial charge on any atom is 0.228 e. The Morgan fingerprint density at radius 2 is 1.14 bits per heavy atom. The van der Waals surface area contributed by atoms with Crippen molar-refractivity contribution in [2.45, 2.75) is 18.9 Å². The van der Waals surface area contributed by atoms with Crippen LogP contribution in [0, 0.1) is 0 Å². The van der Waals surface area contributed by atoms with Crippen molar-refractivity contribution in [3.8, 4) is 11.5 Å². The quantitative estimate of drug-likeness (QED) is 0.257. The van der Waals surface area contributed by atoms with Crippen molar-refractivity contribution in [2.24, 2.45) is 0 Å². The molecule has 4 heteroatoms. The minimum Gasteiger partial charge on any atom is -0.496 e. The second-order valence-corrected chi connectivity index (χ2v) is 8.95. The van der Waals surface area contributed by atoms with Crippen molar-refractivity contribution >= 4 is 27.5 Å². The van der Waals surface area contributed by atoms with Crippen LogP contribution in [0.3, 0.4) is 0 Å². The maximum atomic E-state index is 13.7. The predicted molar refractivity (Wildman–Crippen MR) is 146 cm³/mol. The number of fused-ring (bicyclic) bond motifs is 2. The summed E-state index contributed by atoms with van der Waals surface area (Å²) in [6.45, 7) is 1.94. The van der Waals surface area contributed by atoms with Crippen LogP contribution in [0.5, 0.6) is 11.5 Å². The molecule has 0 aliphatic carbocycles. The smallest absolute Gasteiger partial charge is 0.228 e. The number of ether oxygens (including phenoxy) is 2. The van der Waals surface area contributed by atoms with Gasteiger partial charge in [-0.05, 0) is 58.3 Å². The lowest BCUT2D eigenvalue weighted by Crippen LogP contribution is -2.33. The van der Waals surface area contributed by atoms with Gasteiger partial charge in [0.25, 0.3) is 0 Å². The van der Waals surface area contributed by atoms with Gasteiger partial charge in [-0.1, -0.05) is 78.9 Å². The highest BCUT2D eigenvalue weighted by Crippen LogP contribution is 2.35. The van der Waals surface area contributed by atoms with Gasteiger partial charge in [0.2, 0.25) is 5.91 Å². The summed E-state index contributed by atoms with van der Waals surface area (Å²) in [5.41, 5.74) is 2.71. The lowest BCUT2D eigenvalue weighted by molar-refractivity contribution is -0.122. The van der Waals surface area contributed by atoms with Gasteiger partial charge in [-0.3, -0.25) is 4.79 Å². The van der Waals surface area contributed by atoms with Gasteiger partial charge < -0.3 is 14.8 Å². The molecule has 1 N–H and O–H groups in total. The molecule has 0 saturated heterocycles. The van der Waals surface area contributed by atoms with Crippen LogP contribution in [0.1, 0.15) is 35.6 Å². The van der Waals surface area contributed by atoms with E-state index in [1.54, 1.807) is 14.2 Å². The van der Waals surface area contributed by atoms with E-state index >= 15 is 0 Å². The number of nitrogens with one attached hydrogen (secondary N) is 1. The third kappa shape index (κ3) is 4.50. The Balaban J connectivity index is 1.50.